The molecule has 1 aliphatic heterocycles. The Hall–Kier alpha value is -1.80. The first-order valence-electron chi connectivity index (χ1n) is 6.91. The Morgan fingerprint density at radius 1 is 1.32 bits per heavy atom. The molecule has 1 saturated heterocycles. The molecule has 1 aromatic rings. The summed E-state index contributed by atoms with van der Waals surface area (Å²) in [5.74, 6) is 0.631. The van der Waals surface area contributed by atoms with Crippen LogP contribution in [0.2, 0.25) is 0 Å². The van der Waals surface area contributed by atoms with Crippen LogP contribution in [-0.2, 0) is 0 Å². The first-order chi connectivity index (χ1) is 9.29. The summed E-state index contributed by atoms with van der Waals surface area (Å²) in [5.41, 5.74) is 6.65. The van der Waals surface area contributed by atoms with E-state index in [0.717, 1.165) is 13.1 Å². The van der Waals surface area contributed by atoms with Gasteiger partial charge in [0, 0.05) is 13.1 Å². The number of pyridine rings is 1. The van der Waals surface area contributed by atoms with Gasteiger partial charge in [-0.1, -0.05) is 12.8 Å². The Kier molecular flexibility index (Phi) is 4.99. The normalized spacial score (nSPS) is 16.6. The third-order valence-corrected chi connectivity index (χ3v) is 3.45. The summed E-state index contributed by atoms with van der Waals surface area (Å²) >= 11 is 0. The van der Waals surface area contributed by atoms with Crippen LogP contribution in [0.4, 0.5) is 11.5 Å². The van der Waals surface area contributed by atoms with E-state index in [1.165, 1.54) is 38.8 Å². The minimum atomic E-state index is 0.510. The minimum Gasteiger partial charge on any atom is -0.397 e. The number of nitriles is 1. The van der Waals surface area contributed by atoms with Crippen molar-refractivity contribution in [2.75, 3.05) is 37.2 Å². The minimum absolute atomic E-state index is 0.510. The van der Waals surface area contributed by atoms with Crippen LogP contribution < -0.4 is 11.1 Å². The van der Waals surface area contributed by atoms with E-state index in [1.807, 2.05) is 0 Å². The number of nitrogens with zero attached hydrogens (tertiary/aromatic N) is 3. The quantitative estimate of drug-likeness (QED) is 0.862. The molecule has 0 spiro atoms. The van der Waals surface area contributed by atoms with E-state index >= 15 is 0 Å². The fourth-order valence-electron chi connectivity index (χ4n) is 2.40. The largest absolute Gasteiger partial charge is 0.397 e. The van der Waals surface area contributed by atoms with Gasteiger partial charge in [0.1, 0.15) is 11.9 Å². The van der Waals surface area contributed by atoms with Crippen molar-refractivity contribution in [3.8, 4) is 6.07 Å². The number of hydrogen-bond acceptors (Lipinski definition) is 5. The van der Waals surface area contributed by atoms with E-state index < -0.39 is 0 Å². The average molecular weight is 259 g/mol. The molecule has 3 N–H and O–H groups in total. The maximum Gasteiger partial charge on any atom is 0.144 e. The van der Waals surface area contributed by atoms with Crippen molar-refractivity contribution in [2.45, 2.75) is 25.7 Å². The van der Waals surface area contributed by atoms with Crippen molar-refractivity contribution < 1.29 is 0 Å². The summed E-state index contributed by atoms with van der Waals surface area (Å²) in [6.07, 6.45) is 6.87. The predicted molar refractivity (Wildman–Crippen MR) is 76.8 cm³/mol. The highest BCUT2D eigenvalue weighted by atomic mass is 15.1. The molecule has 5 nitrogen and oxygen atoms in total. The van der Waals surface area contributed by atoms with Gasteiger partial charge in [0.05, 0.1) is 17.4 Å². The highest BCUT2D eigenvalue weighted by molar-refractivity contribution is 5.57. The molecule has 0 radical (unpaired) electrons. The number of hydrogen-bond donors (Lipinski definition) is 2. The Balaban J connectivity index is 1.83. The molecule has 1 fully saturated rings. The molecule has 2 rings (SSSR count). The Morgan fingerprint density at radius 3 is 2.74 bits per heavy atom. The molecule has 19 heavy (non-hydrogen) atoms. The Bertz CT molecular complexity index is 444. The fraction of sp³-hybridized carbons (Fsp3) is 0.571. The number of anilines is 2. The second-order valence-corrected chi connectivity index (χ2v) is 4.96. The number of nitrogen functional groups attached to an aromatic ring is 1. The molecule has 0 bridgehead atoms. The first-order valence-corrected chi connectivity index (χ1v) is 6.91. The van der Waals surface area contributed by atoms with Gasteiger partial charge in [0.2, 0.25) is 0 Å². The first kappa shape index (κ1) is 13.6. The molecule has 0 amide bonds. The van der Waals surface area contributed by atoms with Crippen LogP contribution in [0.3, 0.4) is 0 Å². The lowest BCUT2D eigenvalue weighted by molar-refractivity contribution is 0.296. The van der Waals surface area contributed by atoms with Gasteiger partial charge >= 0.3 is 0 Å². The number of aromatic nitrogens is 1. The summed E-state index contributed by atoms with van der Waals surface area (Å²) < 4.78 is 0. The van der Waals surface area contributed by atoms with Gasteiger partial charge < -0.3 is 16.0 Å². The van der Waals surface area contributed by atoms with Gasteiger partial charge in [-0.25, -0.2) is 4.98 Å². The summed E-state index contributed by atoms with van der Waals surface area (Å²) in [4.78, 5) is 6.65. The van der Waals surface area contributed by atoms with Crippen LogP contribution >= 0.6 is 0 Å². The molecule has 0 unspecified atom stereocenters. The second kappa shape index (κ2) is 6.95. The number of rotatable bonds is 4. The van der Waals surface area contributed by atoms with E-state index in [4.69, 9.17) is 11.0 Å². The third kappa shape index (κ3) is 4.11. The Labute approximate surface area is 114 Å². The number of nitrogens with one attached hydrogen (secondary N) is 1. The van der Waals surface area contributed by atoms with Crippen molar-refractivity contribution in [3.05, 3.63) is 17.8 Å². The van der Waals surface area contributed by atoms with Gasteiger partial charge in [0.15, 0.2) is 0 Å². The molecule has 2 heterocycles. The molecule has 0 saturated carbocycles. The zero-order valence-electron chi connectivity index (χ0n) is 11.2. The zero-order valence-corrected chi connectivity index (χ0v) is 11.2. The average Bonchev–Trinajstić information content (AvgIpc) is 2.69. The lowest BCUT2D eigenvalue weighted by Gasteiger charge is -2.20. The SMILES string of the molecule is N#Cc1cc(N)cnc1NCCN1CCCCCC1. The molecule has 0 atom stereocenters. The Morgan fingerprint density at radius 2 is 2.05 bits per heavy atom. The van der Waals surface area contributed by atoms with E-state index in [0.29, 0.717) is 17.1 Å². The molecular weight excluding hydrogens is 238 g/mol. The van der Waals surface area contributed by atoms with E-state index in [-0.39, 0.29) is 0 Å². The second-order valence-electron chi connectivity index (χ2n) is 4.96. The molecule has 0 aromatic carbocycles. The number of likely N-dealkylation sites (tertiary alicyclic amines) is 1. The summed E-state index contributed by atoms with van der Waals surface area (Å²) in [7, 11) is 0. The van der Waals surface area contributed by atoms with Gasteiger partial charge in [-0.15, -0.1) is 0 Å². The van der Waals surface area contributed by atoms with Crippen molar-refractivity contribution in [3.63, 3.8) is 0 Å². The lowest BCUT2D eigenvalue weighted by atomic mass is 10.2. The van der Waals surface area contributed by atoms with Crippen molar-refractivity contribution in [1.82, 2.24) is 9.88 Å². The molecule has 5 heteroatoms. The van der Waals surface area contributed by atoms with Gasteiger partial charge in [0.25, 0.3) is 0 Å². The molecule has 1 aromatic heterocycles. The highest BCUT2D eigenvalue weighted by Gasteiger charge is 2.09. The number of nitrogens with two attached hydrogens (primary N) is 1. The van der Waals surface area contributed by atoms with E-state index in [1.54, 1.807) is 12.3 Å². The predicted octanol–water partition coefficient (Wildman–Crippen LogP) is 1.82. The van der Waals surface area contributed by atoms with Gasteiger partial charge in [-0.05, 0) is 32.0 Å². The van der Waals surface area contributed by atoms with Crippen LogP contribution in [0.15, 0.2) is 12.3 Å². The standard InChI is InChI=1S/C14H21N5/c15-10-12-9-13(16)11-18-14(12)17-5-8-19-6-3-1-2-4-7-19/h9,11H,1-8,16H2,(H,17,18). The molecular formula is C14H21N5. The lowest BCUT2D eigenvalue weighted by Crippen LogP contribution is -2.30. The summed E-state index contributed by atoms with van der Waals surface area (Å²) in [5, 5.41) is 12.3. The molecule has 102 valence electrons. The maximum atomic E-state index is 9.03. The van der Waals surface area contributed by atoms with Gasteiger partial charge in [-0.3, -0.25) is 0 Å². The molecule has 1 aliphatic rings. The smallest absolute Gasteiger partial charge is 0.144 e. The van der Waals surface area contributed by atoms with Crippen LogP contribution in [-0.4, -0.2) is 36.1 Å². The summed E-state index contributed by atoms with van der Waals surface area (Å²) in [6.45, 7) is 4.17. The van der Waals surface area contributed by atoms with Crippen LogP contribution in [0.25, 0.3) is 0 Å². The maximum absolute atomic E-state index is 9.03. The fourth-order valence-corrected chi connectivity index (χ4v) is 2.40. The van der Waals surface area contributed by atoms with E-state index in [2.05, 4.69) is 21.3 Å². The molecule has 0 aliphatic carbocycles. The highest BCUT2D eigenvalue weighted by Crippen LogP contribution is 2.14. The van der Waals surface area contributed by atoms with Crippen molar-refractivity contribution >= 4 is 11.5 Å². The summed E-state index contributed by atoms with van der Waals surface area (Å²) in [6, 6.07) is 3.77. The topological polar surface area (TPSA) is 78.0 Å². The van der Waals surface area contributed by atoms with Crippen molar-refractivity contribution in [1.29, 1.82) is 5.26 Å². The van der Waals surface area contributed by atoms with E-state index in [9.17, 15) is 0 Å². The zero-order chi connectivity index (χ0) is 13.5. The third-order valence-electron chi connectivity index (χ3n) is 3.45. The van der Waals surface area contributed by atoms with Crippen LogP contribution in [0.1, 0.15) is 31.2 Å². The van der Waals surface area contributed by atoms with Gasteiger partial charge in [-0.2, -0.15) is 5.26 Å². The van der Waals surface area contributed by atoms with Crippen molar-refractivity contribution in [2.24, 2.45) is 0 Å². The monoisotopic (exact) mass is 259 g/mol. The van der Waals surface area contributed by atoms with Crippen LogP contribution in [0.5, 0.6) is 0 Å². The van der Waals surface area contributed by atoms with Crippen LogP contribution in [0, 0.1) is 11.3 Å².